The van der Waals surface area contributed by atoms with Gasteiger partial charge in [0.25, 0.3) is 0 Å². The van der Waals surface area contributed by atoms with Crippen LogP contribution < -0.4 is 15.1 Å². The van der Waals surface area contributed by atoms with Crippen LogP contribution in [-0.2, 0) is 16.1 Å². The summed E-state index contributed by atoms with van der Waals surface area (Å²) in [5, 5.41) is 8.73. The van der Waals surface area contributed by atoms with E-state index in [1.807, 2.05) is 39.5 Å². The number of nitrogens with zero attached hydrogens (tertiary/aromatic N) is 11. The average molecular weight is 791 g/mol. The number of amides is 1. The summed E-state index contributed by atoms with van der Waals surface area (Å²) in [7, 11) is 2.12. The fourth-order valence-electron chi connectivity index (χ4n) is 9.84. The van der Waals surface area contributed by atoms with Gasteiger partial charge in [0.15, 0.2) is 11.5 Å². The second-order valence-electron chi connectivity index (χ2n) is 16.2. The van der Waals surface area contributed by atoms with Gasteiger partial charge in [-0.1, -0.05) is 6.07 Å². The largest absolute Gasteiger partial charge is 0.374 e. The molecule has 4 fully saturated rings. The number of carbonyl (C=O) groups excluding carboxylic acids is 1. The second-order valence-corrected chi connectivity index (χ2v) is 16.2. The van der Waals surface area contributed by atoms with Gasteiger partial charge in [0.05, 0.1) is 41.0 Å². The Labute approximate surface area is 331 Å². The first kappa shape index (κ1) is 35.4. The Hall–Kier alpha value is -5.81. The minimum Gasteiger partial charge on any atom is -0.374 e. The Morgan fingerprint density at radius 2 is 1.78 bits per heavy atom. The van der Waals surface area contributed by atoms with Crippen molar-refractivity contribution < 1.29 is 22.7 Å². The maximum atomic E-state index is 15.4. The van der Waals surface area contributed by atoms with Crippen LogP contribution in [0.4, 0.5) is 30.8 Å². The third-order valence-electron chi connectivity index (χ3n) is 12.6. The Morgan fingerprint density at radius 1 is 0.879 bits per heavy atom. The van der Waals surface area contributed by atoms with Gasteiger partial charge in [0.2, 0.25) is 11.9 Å². The molecule has 17 heteroatoms. The topological polar surface area (TPSA) is 126 Å². The molecule has 0 radical (unpaired) electrons. The van der Waals surface area contributed by atoms with Gasteiger partial charge in [-0.05, 0) is 63.6 Å². The van der Waals surface area contributed by atoms with Gasteiger partial charge in [0.1, 0.15) is 40.8 Å². The molecule has 5 atom stereocenters. The lowest BCUT2D eigenvalue weighted by Crippen LogP contribution is -2.49. The minimum absolute atomic E-state index is 0.0538. The molecule has 1 N–H and O–H groups in total. The lowest BCUT2D eigenvalue weighted by atomic mass is 10.1. The van der Waals surface area contributed by atoms with Gasteiger partial charge >= 0.3 is 0 Å². The van der Waals surface area contributed by atoms with Crippen LogP contribution in [0.5, 0.6) is 0 Å². The van der Waals surface area contributed by atoms with E-state index in [0.717, 1.165) is 31.1 Å². The summed E-state index contributed by atoms with van der Waals surface area (Å²) in [6.07, 6.45) is 3.30. The van der Waals surface area contributed by atoms with Gasteiger partial charge in [-0.2, -0.15) is 15.1 Å². The standard InChI is InChI=1S/C41H41F3N12O2/c1-22-46-33-13-24(43)11-29-32-5-3-6-36(48-32)47-25-14-35(40(57)52-9-4-10-58-28(20-52)21-53(22)37(29)33)55(17-25)38-30-16-45-56(34-8-7-23(42)12-31(34)44)39(30)50-41(49-38)54-19-26-15-27(54)18-51(26)2/h3,5-8,11-13,16,25-28,35H,4,9-10,14-15,17-21H2,1-2H3,(H,47,48)/t25-,26+,27+,28+,35-/m0/s1. The normalized spacial score (nSPS) is 24.7. The highest BCUT2D eigenvalue weighted by atomic mass is 19.1. The molecule has 0 aliphatic carbocycles. The molecule has 4 aromatic heterocycles. The minimum atomic E-state index is -0.773. The van der Waals surface area contributed by atoms with E-state index >= 15 is 13.6 Å². The van der Waals surface area contributed by atoms with Crippen LogP contribution in [0.25, 0.3) is 39.0 Å². The number of hydrogen-bond acceptors (Lipinski definition) is 11. The average Bonchev–Trinajstić information content (AvgIpc) is 4.01. The highest BCUT2D eigenvalue weighted by Crippen LogP contribution is 2.39. The third-order valence-corrected chi connectivity index (χ3v) is 12.6. The SMILES string of the molecule is Cc1nc2cc(F)cc3c2n1C[C@H]1CN(CCCO1)C(=O)[C@@H]1C[C@@H](CN1c1nc(N2C[C@H]4C[C@@H]2CN4C)nc2c1cnn2-c1ccc(F)cc1F)Nc1cccc-3n1. The number of likely N-dealkylation sites (N-methyl/N-ethyl adjacent to an activating group) is 1. The van der Waals surface area contributed by atoms with Crippen molar-refractivity contribution in [2.75, 3.05) is 61.5 Å². The molecule has 2 aromatic carbocycles. The van der Waals surface area contributed by atoms with Crippen LogP contribution in [0.3, 0.4) is 0 Å². The Kier molecular flexibility index (Phi) is 8.15. The first-order chi connectivity index (χ1) is 28.1. The van der Waals surface area contributed by atoms with E-state index < -0.39 is 23.5 Å². The summed E-state index contributed by atoms with van der Waals surface area (Å²) in [6, 6.07) is 11.6. The molecule has 11 rings (SSSR count). The molecule has 58 heavy (non-hydrogen) atoms. The van der Waals surface area contributed by atoms with Crippen molar-refractivity contribution in [2.24, 2.45) is 0 Å². The summed E-state index contributed by atoms with van der Waals surface area (Å²) in [5.74, 6) is 0.343. The van der Waals surface area contributed by atoms with Crippen LogP contribution in [-0.4, -0.2) is 127 Å². The number of nitrogens with one attached hydrogen (secondary N) is 1. The molecule has 298 valence electrons. The second kappa shape index (κ2) is 13.4. The van der Waals surface area contributed by atoms with E-state index in [1.54, 1.807) is 6.20 Å². The number of carbonyl (C=O) groups is 1. The molecular formula is C41H41F3N12O2. The zero-order chi connectivity index (χ0) is 39.4. The Bertz CT molecular complexity index is 2630. The molecule has 9 heterocycles. The number of anilines is 3. The fraction of sp³-hybridized carbons (Fsp3) is 0.415. The molecule has 5 aliphatic rings. The summed E-state index contributed by atoms with van der Waals surface area (Å²) >= 11 is 0. The van der Waals surface area contributed by atoms with Crippen molar-refractivity contribution >= 4 is 45.6 Å². The summed E-state index contributed by atoms with van der Waals surface area (Å²) in [6.45, 7) is 5.60. The molecular weight excluding hydrogens is 750 g/mol. The van der Waals surface area contributed by atoms with Crippen LogP contribution in [0.2, 0.25) is 0 Å². The molecule has 1 amide bonds. The number of aryl methyl sites for hydroxylation is 1. The predicted octanol–water partition coefficient (Wildman–Crippen LogP) is 4.54. The lowest BCUT2D eigenvalue weighted by Gasteiger charge is -2.34. The highest BCUT2D eigenvalue weighted by molar-refractivity contribution is 5.94. The fourth-order valence-corrected chi connectivity index (χ4v) is 9.84. The van der Waals surface area contributed by atoms with Crippen molar-refractivity contribution in [3.05, 3.63) is 78.0 Å². The number of hydrogen-bond donors (Lipinski definition) is 1. The summed E-state index contributed by atoms with van der Waals surface area (Å²) < 4.78 is 54.5. The van der Waals surface area contributed by atoms with E-state index in [-0.39, 0.29) is 29.8 Å². The molecule has 14 nitrogen and oxygen atoms in total. The molecule has 4 saturated heterocycles. The van der Waals surface area contributed by atoms with Crippen molar-refractivity contribution in [3.63, 3.8) is 0 Å². The van der Waals surface area contributed by atoms with E-state index in [2.05, 4.69) is 27.3 Å². The zero-order valence-electron chi connectivity index (χ0n) is 32.0. The number of ether oxygens (including phenoxy) is 1. The molecule has 0 unspecified atom stereocenters. The molecule has 0 spiro atoms. The van der Waals surface area contributed by atoms with Gasteiger partial charge in [-0.25, -0.2) is 27.8 Å². The van der Waals surface area contributed by atoms with Crippen LogP contribution in [0.15, 0.2) is 54.7 Å². The maximum Gasteiger partial charge on any atom is 0.245 e. The molecule has 6 aromatic rings. The first-order valence-corrected chi connectivity index (χ1v) is 19.9. The van der Waals surface area contributed by atoms with Gasteiger partial charge in [-0.3, -0.25) is 9.69 Å². The van der Waals surface area contributed by atoms with E-state index in [4.69, 9.17) is 24.7 Å². The zero-order valence-corrected chi connectivity index (χ0v) is 32.0. The number of fused-ring (bicyclic) bond motifs is 10. The van der Waals surface area contributed by atoms with E-state index in [0.29, 0.717) is 103 Å². The van der Waals surface area contributed by atoms with Gasteiger partial charge in [0, 0.05) is 75.2 Å². The van der Waals surface area contributed by atoms with Crippen molar-refractivity contribution in [3.8, 4) is 16.9 Å². The van der Waals surface area contributed by atoms with Gasteiger partial charge in [-0.15, -0.1) is 0 Å². The maximum absolute atomic E-state index is 15.4. The van der Waals surface area contributed by atoms with Crippen LogP contribution in [0.1, 0.15) is 25.1 Å². The monoisotopic (exact) mass is 790 g/mol. The number of pyridine rings is 1. The Balaban J connectivity index is 1.05. The number of aromatic nitrogens is 7. The van der Waals surface area contributed by atoms with Crippen LogP contribution in [0, 0.1) is 24.4 Å². The summed E-state index contributed by atoms with van der Waals surface area (Å²) in [5.41, 5.74) is 2.91. The molecule has 8 bridgehead atoms. The highest BCUT2D eigenvalue weighted by Gasteiger charge is 2.45. The third kappa shape index (κ3) is 5.76. The lowest BCUT2D eigenvalue weighted by molar-refractivity contribution is -0.133. The van der Waals surface area contributed by atoms with Crippen molar-refractivity contribution in [1.29, 1.82) is 0 Å². The predicted molar refractivity (Wildman–Crippen MR) is 211 cm³/mol. The first-order valence-electron chi connectivity index (χ1n) is 19.9. The Morgan fingerprint density at radius 3 is 2.60 bits per heavy atom. The number of piperazine rings is 1. The van der Waals surface area contributed by atoms with Crippen molar-refractivity contribution in [1.82, 2.24) is 44.1 Å². The number of benzene rings is 2. The number of likely N-dealkylation sites (tertiary alicyclic amines) is 1. The van der Waals surface area contributed by atoms with Crippen molar-refractivity contribution in [2.45, 2.75) is 63.0 Å². The number of rotatable bonds is 3. The molecule has 5 aliphatic heterocycles. The number of halogens is 3. The van der Waals surface area contributed by atoms with Gasteiger partial charge < -0.3 is 29.3 Å². The smallest absolute Gasteiger partial charge is 0.245 e. The molecule has 0 saturated carbocycles. The van der Waals surface area contributed by atoms with E-state index in [1.165, 1.54) is 28.9 Å². The summed E-state index contributed by atoms with van der Waals surface area (Å²) in [4.78, 5) is 43.6. The van der Waals surface area contributed by atoms with E-state index in [9.17, 15) is 4.39 Å². The quantitative estimate of drug-likeness (QED) is 0.272. The number of imidazole rings is 1. The van der Waals surface area contributed by atoms with Crippen LogP contribution >= 0.6 is 0 Å².